The van der Waals surface area contributed by atoms with Gasteiger partial charge in [0.05, 0.1) is 6.10 Å². The van der Waals surface area contributed by atoms with Crippen molar-refractivity contribution in [3.05, 3.63) is 75.2 Å². The van der Waals surface area contributed by atoms with Crippen LogP contribution < -0.4 is 10.6 Å². The van der Waals surface area contributed by atoms with Crippen molar-refractivity contribution in [1.82, 2.24) is 14.3 Å². The van der Waals surface area contributed by atoms with Gasteiger partial charge in [-0.1, -0.05) is 24.3 Å². The molecule has 1 aliphatic rings. The molecule has 3 aromatic rings. The predicted molar refractivity (Wildman–Crippen MR) is 121 cm³/mol. The van der Waals surface area contributed by atoms with Gasteiger partial charge < -0.3 is 15.1 Å². The van der Waals surface area contributed by atoms with Crippen LogP contribution in [0.2, 0.25) is 0 Å². The summed E-state index contributed by atoms with van der Waals surface area (Å²) in [7, 11) is 0. The van der Waals surface area contributed by atoms with Crippen molar-refractivity contribution in [2.75, 3.05) is 11.4 Å². The molecule has 2 aromatic carbocycles. The van der Waals surface area contributed by atoms with Gasteiger partial charge in [0.1, 0.15) is 18.1 Å². The Morgan fingerprint density at radius 3 is 2.50 bits per heavy atom. The maximum atomic E-state index is 15.3. The molecule has 0 aliphatic carbocycles. The summed E-state index contributed by atoms with van der Waals surface area (Å²) in [4.78, 5) is 14.9. The number of aromatic nitrogens is 3. The molecule has 7 nitrogen and oxygen atoms in total. The lowest BCUT2D eigenvalue weighted by molar-refractivity contribution is 0.139. The minimum absolute atomic E-state index is 0.00263. The quantitative estimate of drug-likeness (QED) is 0.637. The molecule has 0 radical (unpaired) electrons. The molecule has 1 aliphatic heterocycles. The van der Waals surface area contributed by atoms with Crippen LogP contribution in [-0.2, 0) is 13.2 Å². The molecule has 4 rings (SSSR count). The van der Waals surface area contributed by atoms with Crippen molar-refractivity contribution in [3.63, 3.8) is 0 Å². The van der Waals surface area contributed by atoms with Gasteiger partial charge in [0.25, 0.3) is 0 Å². The van der Waals surface area contributed by atoms with Crippen LogP contribution in [0.15, 0.2) is 41.2 Å². The number of hydrogen-bond acceptors (Lipinski definition) is 5. The molecule has 2 N–H and O–H groups in total. The molecular formula is C24H29FN4O3. The van der Waals surface area contributed by atoms with E-state index in [2.05, 4.69) is 10.00 Å². The Morgan fingerprint density at radius 2 is 1.91 bits per heavy atom. The van der Waals surface area contributed by atoms with Crippen molar-refractivity contribution >= 4 is 5.69 Å². The average Bonchev–Trinajstić information content (AvgIpc) is 3.09. The summed E-state index contributed by atoms with van der Waals surface area (Å²) in [6, 6.07) is 10.9. The monoisotopic (exact) mass is 440 g/mol. The number of aliphatic hydroxyl groups excluding tert-OH is 2. The molecular weight excluding hydrogens is 411 g/mol. The molecule has 0 bridgehead atoms. The minimum Gasteiger partial charge on any atom is -0.388 e. The summed E-state index contributed by atoms with van der Waals surface area (Å²) in [6.07, 6.45) is -0.887. The van der Waals surface area contributed by atoms with E-state index in [0.717, 1.165) is 15.8 Å². The van der Waals surface area contributed by atoms with E-state index in [0.29, 0.717) is 24.3 Å². The van der Waals surface area contributed by atoms with Crippen LogP contribution in [0.5, 0.6) is 0 Å². The van der Waals surface area contributed by atoms with Crippen molar-refractivity contribution in [3.8, 4) is 5.69 Å². The van der Waals surface area contributed by atoms with Crippen LogP contribution in [0.25, 0.3) is 5.69 Å². The van der Waals surface area contributed by atoms with Gasteiger partial charge in [-0.2, -0.15) is 4.68 Å². The van der Waals surface area contributed by atoms with Crippen molar-refractivity contribution in [2.45, 2.75) is 58.9 Å². The summed E-state index contributed by atoms with van der Waals surface area (Å²) in [6.45, 7) is 8.31. The Bertz CT molecular complexity index is 1200. The highest BCUT2D eigenvalue weighted by molar-refractivity contribution is 5.64. The standard InChI is InChI=1S/C24H29FN4O3/c1-5-27-22(13-30)26-29(24(27)32)21-11-20-17(10-19(21)25)23(31)18(12-28(20)14(2)3)16-9-7-6-8-15(16)4/h6-11,14,18,23,30-31H,5,12-13H2,1-4H3/t18-,23+/m0/s1. The first-order chi connectivity index (χ1) is 15.3. The second-order valence-electron chi connectivity index (χ2n) is 8.53. The Labute approximate surface area is 186 Å². The van der Waals surface area contributed by atoms with Gasteiger partial charge >= 0.3 is 5.69 Å². The molecule has 0 spiro atoms. The molecule has 170 valence electrons. The van der Waals surface area contributed by atoms with Crippen molar-refractivity contribution in [2.24, 2.45) is 0 Å². The zero-order valence-electron chi connectivity index (χ0n) is 18.8. The Balaban J connectivity index is 1.88. The predicted octanol–water partition coefficient (Wildman–Crippen LogP) is 3.04. The molecule has 1 aromatic heterocycles. The molecule has 0 amide bonds. The fraction of sp³-hybridized carbons (Fsp3) is 0.417. The van der Waals surface area contributed by atoms with Crippen LogP contribution in [0.4, 0.5) is 10.1 Å². The van der Waals surface area contributed by atoms with Gasteiger partial charge in [-0.05, 0) is 51.0 Å². The SMILES string of the molecule is CCn1c(CO)nn(-c2cc3c(cc2F)[C@@H](O)[C@H](c2ccccc2C)CN3C(C)C)c1=O. The number of fused-ring (bicyclic) bond motifs is 1. The summed E-state index contributed by atoms with van der Waals surface area (Å²) in [5.74, 6) is -0.682. The number of benzene rings is 2. The number of nitrogens with zero attached hydrogens (tertiary/aromatic N) is 4. The topological polar surface area (TPSA) is 83.5 Å². The lowest BCUT2D eigenvalue weighted by atomic mass is 9.82. The van der Waals surface area contributed by atoms with E-state index < -0.39 is 24.2 Å². The zero-order valence-corrected chi connectivity index (χ0v) is 18.8. The summed E-state index contributed by atoms with van der Waals surface area (Å²) in [5.41, 5.74) is 2.77. The van der Waals surface area contributed by atoms with Gasteiger partial charge in [0, 0.05) is 36.3 Å². The minimum atomic E-state index is -0.887. The third kappa shape index (κ3) is 3.53. The fourth-order valence-electron chi connectivity index (χ4n) is 4.63. The van der Waals surface area contributed by atoms with Gasteiger partial charge in [-0.25, -0.2) is 9.18 Å². The van der Waals surface area contributed by atoms with E-state index in [1.807, 2.05) is 45.0 Å². The van der Waals surface area contributed by atoms with E-state index in [4.69, 9.17) is 0 Å². The molecule has 32 heavy (non-hydrogen) atoms. The normalized spacial score (nSPS) is 18.3. The van der Waals surface area contributed by atoms with Crippen molar-refractivity contribution in [1.29, 1.82) is 0 Å². The smallest absolute Gasteiger partial charge is 0.350 e. The second-order valence-corrected chi connectivity index (χ2v) is 8.53. The molecule has 0 saturated heterocycles. The first kappa shape index (κ1) is 22.2. The van der Waals surface area contributed by atoms with E-state index >= 15 is 4.39 Å². The molecule has 0 fully saturated rings. The Morgan fingerprint density at radius 1 is 1.19 bits per heavy atom. The summed E-state index contributed by atoms with van der Waals surface area (Å²) < 4.78 is 17.6. The number of aliphatic hydroxyl groups is 2. The maximum absolute atomic E-state index is 15.3. The largest absolute Gasteiger partial charge is 0.388 e. The fourth-order valence-corrected chi connectivity index (χ4v) is 4.63. The Kier molecular flexibility index (Phi) is 5.92. The summed E-state index contributed by atoms with van der Waals surface area (Å²) >= 11 is 0. The second kappa shape index (κ2) is 8.52. The number of anilines is 1. The molecule has 0 saturated carbocycles. The number of hydrogen-bond donors (Lipinski definition) is 2. The average molecular weight is 441 g/mol. The van der Waals surface area contributed by atoms with Crippen LogP contribution in [0.3, 0.4) is 0 Å². The molecule has 8 heteroatoms. The van der Waals surface area contributed by atoms with E-state index in [-0.39, 0.29) is 23.5 Å². The van der Waals surface area contributed by atoms with Crippen molar-refractivity contribution < 1.29 is 14.6 Å². The van der Waals surface area contributed by atoms with Crippen LogP contribution in [0, 0.1) is 12.7 Å². The molecule has 2 heterocycles. The third-order valence-electron chi connectivity index (χ3n) is 6.33. The van der Waals surface area contributed by atoms with Crippen LogP contribution >= 0.6 is 0 Å². The first-order valence-corrected chi connectivity index (χ1v) is 10.9. The lowest BCUT2D eigenvalue weighted by Gasteiger charge is -2.42. The van der Waals surface area contributed by atoms with Crippen LogP contribution in [0.1, 0.15) is 55.3 Å². The third-order valence-corrected chi connectivity index (χ3v) is 6.33. The van der Waals surface area contributed by atoms with Crippen LogP contribution in [-0.4, -0.2) is 37.1 Å². The molecule has 2 atom stereocenters. The number of aryl methyl sites for hydroxylation is 1. The highest BCUT2D eigenvalue weighted by atomic mass is 19.1. The zero-order chi connectivity index (χ0) is 23.2. The number of halogens is 1. The highest BCUT2D eigenvalue weighted by Crippen LogP contribution is 2.44. The van der Waals surface area contributed by atoms with Gasteiger partial charge in [0.2, 0.25) is 0 Å². The van der Waals surface area contributed by atoms with Gasteiger partial charge in [-0.3, -0.25) is 4.57 Å². The first-order valence-electron chi connectivity index (χ1n) is 10.9. The van der Waals surface area contributed by atoms with E-state index in [1.165, 1.54) is 10.6 Å². The maximum Gasteiger partial charge on any atom is 0.350 e. The number of rotatable bonds is 5. The summed E-state index contributed by atoms with van der Waals surface area (Å²) in [5, 5.41) is 24.9. The highest BCUT2D eigenvalue weighted by Gasteiger charge is 2.36. The Hall–Kier alpha value is -2.97. The van der Waals surface area contributed by atoms with E-state index in [1.54, 1.807) is 13.0 Å². The van der Waals surface area contributed by atoms with Gasteiger partial charge in [0.15, 0.2) is 5.82 Å². The van der Waals surface area contributed by atoms with E-state index in [9.17, 15) is 15.0 Å². The molecule has 0 unspecified atom stereocenters. The lowest BCUT2D eigenvalue weighted by Crippen LogP contribution is -2.41. The van der Waals surface area contributed by atoms with Gasteiger partial charge in [-0.15, -0.1) is 5.10 Å².